The van der Waals surface area contributed by atoms with Gasteiger partial charge in [0.1, 0.15) is 5.82 Å². The van der Waals surface area contributed by atoms with Crippen molar-refractivity contribution < 1.29 is 23.7 Å². The number of carbonyl (C=O) groups excluding carboxylic acids is 1. The number of para-hydroxylation sites is 1. The van der Waals surface area contributed by atoms with Crippen molar-refractivity contribution in [2.45, 2.75) is 51.0 Å². The Bertz CT molecular complexity index is 1300. The number of ether oxygens (including phenoxy) is 4. The van der Waals surface area contributed by atoms with Crippen molar-refractivity contribution in [3.63, 3.8) is 0 Å². The fourth-order valence-electron chi connectivity index (χ4n) is 4.48. The van der Waals surface area contributed by atoms with E-state index < -0.39 is 12.1 Å². The van der Waals surface area contributed by atoms with Gasteiger partial charge in [-0.05, 0) is 44.0 Å². The van der Waals surface area contributed by atoms with E-state index in [0.717, 1.165) is 25.7 Å². The van der Waals surface area contributed by atoms with Gasteiger partial charge >= 0.3 is 5.97 Å². The molecule has 0 aliphatic heterocycles. The summed E-state index contributed by atoms with van der Waals surface area (Å²) in [5.41, 5.74) is 1.10. The molecular weight excluding hydrogens is 462 g/mol. The zero-order valence-electron chi connectivity index (χ0n) is 21.0. The van der Waals surface area contributed by atoms with Gasteiger partial charge in [0.2, 0.25) is 5.75 Å². The lowest BCUT2D eigenvalue weighted by Crippen LogP contribution is -2.25. The molecule has 0 unspecified atom stereocenters. The van der Waals surface area contributed by atoms with Crippen molar-refractivity contribution in [3.05, 3.63) is 58.1 Å². The van der Waals surface area contributed by atoms with Crippen LogP contribution in [-0.2, 0) is 9.53 Å². The monoisotopic (exact) mass is 493 g/mol. The van der Waals surface area contributed by atoms with E-state index in [2.05, 4.69) is 5.10 Å². The summed E-state index contributed by atoms with van der Waals surface area (Å²) in [5.74, 6) is 1.30. The zero-order chi connectivity index (χ0) is 25.7. The lowest BCUT2D eigenvalue weighted by molar-refractivity contribution is -0.148. The van der Waals surface area contributed by atoms with Crippen LogP contribution >= 0.6 is 0 Å². The molecule has 9 heteroatoms. The maximum atomic E-state index is 13.4. The molecule has 4 rings (SSSR count). The van der Waals surface area contributed by atoms with Gasteiger partial charge in [-0.15, -0.1) is 0 Å². The quantitative estimate of drug-likeness (QED) is 0.341. The van der Waals surface area contributed by atoms with Crippen molar-refractivity contribution >= 4 is 23.1 Å². The number of methoxy groups -OCH3 is 3. The normalized spacial score (nSPS) is 15.1. The summed E-state index contributed by atoms with van der Waals surface area (Å²) in [6.45, 7) is 1.58. The zero-order valence-corrected chi connectivity index (χ0v) is 21.0. The first-order chi connectivity index (χ1) is 17.5. The summed E-state index contributed by atoms with van der Waals surface area (Å²) in [6, 6.07) is 10.7. The first-order valence-electron chi connectivity index (χ1n) is 12.0. The van der Waals surface area contributed by atoms with Crippen molar-refractivity contribution in [2.75, 3.05) is 21.3 Å². The van der Waals surface area contributed by atoms with E-state index in [1.807, 2.05) is 18.2 Å². The van der Waals surface area contributed by atoms with Crippen molar-refractivity contribution in [1.29, 1.82) is 0 Å². The predicted molar refractivity (Wildman–Crippen MR) is 136 cm³/mol. The number of hydrogen-bond donors (Lipinski definition) is 0. The average molecular weight is 494 g/mol. The number of nitrogens with zero attached hydrogens (tertiary/aromatic N) is 3. The summed E-state index contributed by atoms with van der Waals surface area (Å²) in [7, 11) is 4.27. The fourth-order valence-corrected chi connectivity index (χ4v) is 4.48. The summed E-state index contributed by atoms with van der Waals surface area (Å²) in [5, 5.41) is 5.09. The van der Waals surface area contributed by atoms with Crippen LogP contribution in [0.1, 0.15) is 56.3 Å². The number of carbonyl (C=O) groups is 1. The van der Waals surface area contributed by atoms with Crippen LogP contribution in [0.2, 0.25) is 0 Å². The third-order valence-electron chi connectivity index (χ3n) is 6.38. The molecule has 1 saturated carbocycles. The average Bonchev–Trinajstić information content (AvgIpc) is 2.92. The van der Waals surface area contributed by atoms with Gasteiger partial charge in [0.05, 0.1) is 38.4 Å². The van der Waals surface area contributed by atoms with Crippen molar-refractivity contribution in [2.24, 2.45) is 5.10 Å². The molecule has 0 saturated heterocycles. The standard InChI is InChI=1S/C27H31N3O6/c1-17(27(32)35-4)36-24-22(33-2)14-18(15-23(24)34-3)16-28-30-25(19-10-6-5-7-11-19)29-21-13-9-8-12-20(21)26(30)31/h8-9,12-17,19H,5-7,10-11H2,1-4H3/t17-/m0/s1. The molecule has 3 aromatic rings. The fraction of sp³-hybridized carbons (Fsp3) is 0.407. The minimum atomic E-state index is -0.863. The van der Waals surface area contributed by atoms with Crippen LogP contribution < -0.4 is 19.8 Å². The van der Waals surface area contributed by atoms with Crippen LogP contribution in [0.5, 0.6) is 17.2 Å². The first-order valence-corrected chi connectivity index (χ1v) is 12.0. The summed E-state index contributed by atoms with van der Waals surface area (Å²) < 4.78 is 22.9. The van der Waals surface area contributed by atoms with Crippen molar-refractivity contribution in [3.8, 4) is 17.2 Å². The third kappa shape index (κ3) is 5.19. The first kappa shape index (κ1) is 25.2. The highest BCUT2D eigenvalue weighted by molar-refractivity contribution is 5.83. The SMILES string of the molecule is COC(=O)[C@H](C)Oc1c(OC)cc(C=Nn2c(C3CCCCC3)nc3ccccc3c2=O)cc1OC. The van der Waals surface area contributed by atoms with Crippen LogP contribution in [0, 0.1) is 0 Å². The number of fused-ring (bicyclic) bond motifs is 1. The molecular formula is C27H31N3O6. The highest BCUT2D eigenvalue weighted by Gasteiger charge is 2.23. The molecule has 0 radical (unpaired) electrons. The smallest absolute Gasteiger partial charge is 0.346 e. The lowest BCUT2D eigenvalue weighted by atomic mass is 9.88. The maximum absolute atomic E-state index is 13.4. The molecule has 0 bridgehead atoms. The molecule has 1 aromatic heterocycles. The maximum Gasteiger partial charge on any atom is 0.346 e. The van der Waals surface area contributed by atoms with Gasteiger partial charge in [-0.25, -0.2) is 9.78 Å². The number of esters is 1. The van der Waals surface area contributed by atoms with Crippen LogP contribution in [0.4, 0.5) is 0 Å². The highest BCUT2D eigenvalue weighted by atomic mass is 16.6. The number of aromatic nitrogens is 2. The Kier molecular flexibility index (Phi) is 7.87. The Morgan fingerprint density at radius 1 is 1.08 bits per heavy atom. The minimum absolute atomic E-state index is 0.174. The Hall–Kier alpha value is -3.88. The Balaban J connectivity index is 1.76. The second kappa shape index (κ2) is 11.2. The van der Waals surface area contributed by atoms with Crippen molar-refractivity contribution in [1.82, 2.24) is 9.66 Å². The molecule has 0 amide bonds. The van der Waals surface area contributed by atoms with E-state index in [9.17, 15) is 9.59 Å². The van der Waals surface area contributed by atoms with E-state index in [1.54, 1.807) is 31.3 Å². The minimum Gasteiger partial charge on any atom is -0.493 e. The van der Waals surface area contributed by atoms with E-state index in [-0.39, 0.29) is 17.2 Å². The lowest BCUT2D eigenvalue weighted by Gasteiger charge is -2.22. The Morgan fingerprint density at radius 2 is 1.75 bits per heavy atom. The van der Waals surface area contributed by atoms with Gasteiger partial charge in [0, 0.05) is 11.5 Å². The van der Waals surface area contributed by atoms with Gasteiger partial charge in [-0.2, -0.15) is 9.78 Å². The second-order valence-electron chi connectivity index (χ2n) is 8.72. The molecule has 36 heavy (non-hydrogen) atoms. The molecule has 0 spiro atoms. The van der Waals surface area contributed by atoms with Crippen LogP contribution in [-0.4, -0.2) is 49.3 Å². The van der Waals surface area contributed by atoms with E-state index in [4.69, 9.17) is 23.9 Å². The number of rotatable bonds is 8. The molecule has 0 N–H and O–H groups in total. The predicted octanol–water partition coefficient (Wildman–Crippen LogP) is 4.28. The van der Waals surface area contributed by atoms with Gasteiger partial charge < -0.3 is 18.9 Å². The van der Waals surface area contributed by atoms with Crippen LogP contribution in [0.15, 0.2) is 46.3 Å². The highest BCUT2D eigenvalue weighted by Crippen LogP contribution is 2.39. The second-order valence-corrected chi connectivity index (χ2v) is 8.72. The van der Waals surface area contributed by atoms with Crippen LogP contribution in [0.3, 0.4) is 0 Å². The van der Waals surface area contributed by atoms with E-state index in [0.29, 0.717) is 33.8 Å². The summed E-state index contributed by atoms with van der Waals surface area (Å²) in [6.07, 6.45) is 6.08. The largest absolute Gasteiger partial charge is 0.493 e. The topological polar surface area (TPSA) is 101 Å². The number of benzene rings is 2. The Morgan fingerprint density at radius 3 is 2.39 bits per heavy atom. The summed E-state index contributed by atoms with van der Waals surface area (Å²) in [4.78, 5) is 30.1. The van der Waals surface area contributed by atoms with Gasteiger partial charge in [-0.3, -0.25) is 4.79 Å². The number of hydrogen-bond acceptors (Lipinski definition) is 8. The molecule has 1 aliphatic carbocycles. The molecule has 1 fully saturated rings. The molecule has 1 atom stereocenters. The molecule has 1 heterocycles. The molecule has 9 nitrogen and oxygen atoms in total. The Labute approximate surface area is 209 Å². The van der Waals surface area contributed by atoms with Gasteiger partial charge in [0.25, 0.3) is 5.56 Å². The van der Waals surface area contributed by atoms with E-state index >= 15 is 0 Å². The third-order valence-corrected chi connectivity index (χ3v) is 6.38. The molecule has 190 valence electrons. The molecule has 2 aromatic carbocycles. The van der Waals surface area contributed by atoms with E-state index in [1.165, 1.54) is 32.4 Å². The van der Waals surface area contributed by atoms with Crippen LogP contribution in [0.25, 0.3) is 10.9 Å². The molecule has 1 aliphatic rings. The van der Waals surface area contributed by atoms with Gasteiger partial charge in [-0.1, -0.05) is 31.4 Å². The van der Waals surface area contributed by atoms with Gasteiger partial charge in [0.15, 0.2) is 17.6 Å². The summed E-state index contributed by atoms with van der Waals surface area (Å²) >= 11 is 0.